The standard InChI is InChI=1S/C29H27N3O2S/c1-22(33)32(26-15-9-4-10-16-26)29-31-25(21-35-29)17-18-28(34)30-20-19-27(23-11-5-2-6-12-23)24-13-7-3-8-14-24/h2-18,21,27H,19-20H2,1H3,(H,30,34)/b18-17+. The normalized spacial score (nSPS) is 11.0. The van der Waals surface area contributed by atoms with Crippen LogP contribution < -0.4 is 10.2 Å². The van der Waals surface area contributed by atoms with Crippen molar-refractivity contribution in [3.05, 3.63) is 119 Å². The van der Waals surface area contributed by atoms with Gasteiger partial charge in [-0.1, -0.05) is 78.9 Å². The van der Waals surface area contributed by atoms with Crippen LogP contribution in [0.3, 0.4) is 0 Å². The Morgan fingerprint density at radius 3 is 2.06 bits per heavy atom. The first-order valence-corrected chi connectivity index (χ1v) is 12.4. The monoisotopic (exact) mass is 481 g/mol. The fourth-order valence-electron chi connectivity index (χ4n) is 3.92. The second-order valence-electron chi connectivity index (χ2n) is 8.03. The molecule has 0 atom stereocenters. The molecule has 35 heavy (non-hydrogen) atoms. The lowest BCUT2D eigenvalue weighted by Gasteiger charge is -2.18. The molecule has 1 aromatic heterocycles. The molecule has 6 heteroatoms. The average Bonchev–Trinajstić information content (AvgIpc) is 3.35. The van der Waals surface area contributed by atoms with Crippen molar-refractivity contribution in [2.75, 3.05) is 11.4 Å². The minimum absolute atomic E-state index is 0.120. The molecule has 0 aliphatic heterocycles. The molecule has 1 N–H and O–H groups in total. The largest absolute Gasteiger partial charge is 0.353 e. The summed E-state index contributed by atoms with van der Waals surface area (Å²) in [6.07, 6.45) is 3.95. The maximum Gasteiger partial charge on any atom is 0.244 e. The summed E-state index contributed by atoms with van der Waals surface area (Å²) in [6.45, 7) is 2.06. The van der Waals surface area contributed by atoms with E-state index in [1.54, 1.807) is 11.0 Å². The van der Waals surface area contributed by atoms with Crippen molar-refractivity contribution in [1.82, 2.24) is 10.3 Å². The summed E-state index contributed by atoms with van der Waals surface area (Å²) < 4.78 is 0. The number of para-hydroxylation sites is 1. The highest BCUT2D eigenvalue weighted by atomic mass is 32.1. The number of amides is 2. The van der Waals surface area contributed by atoms with Gasteiger partial charge in [-0.05, 0) is 35.8 Å². The zero-order valence-corrected chi connectivity index (χ0v) is 20.3. The van der Waals surface area contributed by atoms with Crippen LogP contribution in [0.1, 0.15) is 36.1 Å². The molecule has 0 saturated carbocycles. The van der Waals surface area contributed by atoms with Gasteiger partial charge in [0.05, 0.1) is 11.4 Å². The Kier molecular flexibility index (Phi) is 8.20. The summed E-state index contributed by atoms with van der Waals surface area (Å²) in [4.78, 5) is 30.8. The highest BCUT2D eigenvalue weighted by Crippen LogP contribution is 2.29. The third kappa shape index (κ3) is 6.52. The predicted octanol–water partition coefficient (Wildman–Crippen LogP) is 6.18. The van der Waals surface area contributed by atoms with E-state index in [1.165, 1.54) is 35.5 Å². The first kappa shape index (κ1) is 24.1. The van der Waals surface area contributed by atoms with E-state index >= 15 is 0 Å². The number of nitrogens with zero attached hydrogens (tertiary/aromatic N) is 2. The molecule has 5 nitrogen and oxygen atoms in total. The van der Waals surface area contributed by atoms with Crippen LogP contribution in [0.15, 0.2) is 102 Å². The second kappa shape index (κ2) is 11.9. The van der Waals surface area contributed by atoms with Gasteiger partial charge in [0.15, 0.2) is 5.13 Å². The third-order valence-corrected chi connectivity index (χ3v) is 6.42. The van der Waals surface area contributed by atoms with Crippen LogP contribution >= 0.6 is 11.3 Å². The van der Waals surface area contributed by atoms with E-state index < -0.39 is 0 Å². The first-order chi connectivity index (χ1) is 17.1. The number of rotatable bonds is 9. The minimum Gasteiger partial charge on any atom is -0.353 e. The predicted molar refractivity (Wildman–Crippen MR) is 143 cm³/mol. The van der Waals surface area contributed by atoms with Crippen LogP contribution in [-0.2, 0) is 9.59 Å². The number of benzene rings is 3. The Bertz CT molecular complexity index is 1230. The molecule has 0 spiro atoms. The number of carbonyl (C=O) groups excluding carboxylic acids is 2. The lowest BCUT2D eigenvalue weighted by atomic mass is 9.88. The molecule has 1 heterocycles. The van der Waals surface area contributed by atoms with Gasteiger partial charge >= 0.3 is 0 Å². The number of nitrogens with one attached hydrogen (secondary N) is 1. The van der Waals surface area contributed by atoms with Gasteiger partial charge in [-0.3, -0.25) is 14.5 Å². The van der Waals surface area contributed by atoms with Crippen LogP contribution in [0.5, 0.6) is 0 Å². The molecule has 0 fully saturated rings. The fraction of sp³-hybridized carbons (Fsp3) is 0.138. The summed E-state index contributed by atoms with van der Waals surface area (Å²) in [6, 6.07) is 30.1. The van der Waals surface area contributed by atoms with Crippen molar-refractivity contribution >= 4 is 40.0 Å². The lowest BCUT2D eigenvalue weighted by Crippen LogP contribution is -2.24. The Hall–Kier alpha value is -4.03. The van der Waals surface area contributed by atoms with Gasteiger partial charge in [0.25, 0.3) is 0 Å². The summed E-state index contributed by atoms with van der Waals surface area (Å²) >= 11 is 1.36. The highest BCUT2D eigenvalue weighted by Gasteiger charge is 2.17. The van der Waals surface area contributed by atoms with E-state index in [4.69, 9.17) is 0 Å². The molecule has 4 aromatic rings. The van der Waals surface area contributed by atoms with Gasteiger partial charge in [-0.2, -0.15) is 0 Å². The summed E-state index contributed by atoms with van der Waals surface area (Å²) in [5.74, 6) is -0.0885. The second-order valence-corrected chi connectivity index (χ2v) is 8.87. The van der Waals surface area contributed by atoms with Crippen LogP contribution in [0.4, 0.5) is 10.8 Å². The Labute approximate surface area is 209 Å². The maximum absolute atomic E-state index is 12.5. The van der Waals surface area contributed by atoms with Crippen molar-refractivity contribution in [3.63, 3.8) is 0 Å². The van der Waals surface area contributed by atoms with Crippen molar-refractivity contribution in [1.29, 1.82) is 0 Å². The number of hydrogen-bond donors (Lipinski definition) is 1. The van der Waals surface area contributed by atoms with Gasteiger partial charge in [-0.15, -0.1) is 11.3 Å². The van der Waals surface area contributed by atoms with E-state index in [0.29, 0.717) is 17.4 Å². The molecule has 0 radical (unpaired) electrons. The van der Waals surface area contributed by atoms with Crippen molar-refractivity contribution < 1.29 is 9.59 Å². The van der Waals surface area contributed by atoms with E-state index in [-0.39, 0.29) is 17.7 Å². The first-order valence-electron chi connectivity index (χ1n) is 11.5. The number of thiazole rings is 1. The molecule has 2 amide bonds. The lowest BCUT2D eigenvalue weighted by molar-refractivity contribution is -0.117. The molecule has 3 aromatic carbocycles. The SMILES string of the molecule is CC(=O)N(c1ccccc1)c1nc(/C=C/C(=O)NCCC(c2ccccc2)c2ccccc2)cs1. The quantitative estimate of drug-likeness (QED) is 0.290. The van der Waals surface area contributed by atoms with Crippen LogP contribution in [0, 0.1) is 0 Å². The number of carbonyl (C=O) groups is 2. The van der Waals surface area contributed by atoms with Crippen molar-refractivity contribution in [3.8, 4) is 0 Å². The summed E-state index contributed by atoms with van der Waals surface area (Å²) in [5.41, 5.74) is 3.85. The third-order valence-electron chi connectivity index (χ3n) is 5.57. The minimum atomic E-state index is -0.175. The van der Waals surface area contributed by atoms with E-state index in [0.717, 1.165) is 12.1 Å². The Morgan fingerprint density at radius 1 is 0.914 bits per heavy atom. The molecule has 0 aliphatic carbocycles. The van der Waals surface area contributed by atoms with Gasteiger partial charge in [-0.25, -0.2) is 4.98 Å². The highest BCUT2D eigenvalue weighted by molar-refractivity contribution is 7.14. The summed E-state index contributed by atoms with van der Waals surface area (Å²) in [7, 11) is 0. The number of aromatic nitrogens is 1. The van der Waals surface area contributed by atoms with Crippen LogP contribution in [0.25, 0.3) is 6.08 Å². The Balaban J connectivity index is 1.36. The van der Waals surface area contributed by atoms with Crippen LogP contribution in [-0.4, -0.2) is 23.3 Å². The van der Waals surface area contributed by atoms with Gasteiger partial charge in [0, 0.05) is 30.8 Å². The zero-order chi connectivity index (χ0) is 24.5. The van der Waals surface area contributed by atoms with Crippen molar-refractivity contribution in [2.45, 2.75) is 19.3 Å². The molecule has 176 valence electrons. The fourth-order valence-corrected chi connectivity index (χ4v) is 4.77. The van der Waals surface area contributed by atoms with Crippen molar-refractivity contribution in [2.24, 2.45) is 0 Å². The summed E-state index contributed by atoms with van der Waals surface area (Å²) in [5, 5.41) is 5.38. The smallest absolute Gasteiger partial charge is 0.244 e. The van der Waals surface area contributed by atoms with Crippen LogP contribution in [0.2, 0.25) is 0 Å². The van der Waals surface area contributed by atoms with Gasteiger partial charge in [0.2, 0.25) is 11.8 Å². The van der Waals surface area contributed by atoms with E-state index in [1.807, 2.05) is 72.1 Å². The molecule has 0 unspecified atom stereocenters. The topological polar surface area (TPSA) is 62.3 Å². The van der Waals surface area contributed by atoms with E-state index in [2.05, 4.69) is 34.6 Å². The molecular formula is C29H27N3O2S. The number of hydrogen-bond acceptors (Lipinski definition) is 4. The molecule has 4 rings (SSSR count). The molecule has 0 saturated heterocycles. The van der Waals surface area contributed by atoms with Gasteiger partial charge < -0.3 is 5.32 Å². The maximum atomic E-state index is 12.5. The zero-order valence-electron chi connectivity index (χ0n) is 19.5. The average molecular weight is 482 g/mol. The van der Waals surface area contributed by atoms with E-state index in [9.17, 15) is 9.59 Å². The van der Waals surface area contributed by atoms with Gasteiger partial charge in [0.1, 0.15) is 0 Å². The number of anilines is 2. The Morgan fingerprint density at radius 2 is 1.49 bits per heavy atom. The molecule has 0 aliphatic rings. The molecular weight excluding hydrogens is 454 g/mol. The molecule has 0 bridgehead atoms.